The summed E-state index contributed by atoms with van der Waals surface area (Å²) in [7, 11) is 0. The molecule has 124 valence electrons. The van der Waals surface area contributed by atoms with E-state index >= 15 is 0 Å². The number of halogens is 1. The van der Waals surface area contributed by atoms with Gasteiger partial charge in [0.15, 0.2) is 0 Å². The van der Waals surface area contributed by atoms with Crippen LogP contribution >= 0.6 is 15.9 Å². The number of nitrogens with zero attached hydrogens (tertiary/aromatic N) is 1. The third kappa shape index (κ3) is 3.77. The number of hydrogen-bond acceptors (Lipinski definition) is 2. The van der Waals surface area contributed by atoms with Crippen LogP contribution in [0.15, 0.2) is 22.7 Å². The van der Waals surface area contributed by atoms with E-state index in [0.29, 0.717) is 19.0 Å². The summed E-state index contributed by atoms with van der Waals surface area (Å²) < 4.78 is 0.993. The predicted molar refractivity (Wildman–Crippen MR) is 94.2 cm³/mol. The molecule has 1 heterocycles. The summed E-state index contributed by atoms with van der Waals surface area (Å²) >= 11 is 3.42. The Morgan fingerprint density at radius 1 is 1.26 bits per heavy atom. The highest BCUT2D eigenvalue weighted by atomic mass is 79.9. The molecular formula is C18H23BrN2O2. The summed E-state index contributed by atoms with van der Waals surface area (Å²) in [6.45, 7) is 2.54. The van der Waals surface area contributed by atoms with Crippen LogP contribution in [0.25, 0.3) is 0 Å². The van der Waals surface area contributed by atoms with Gasteiger partial charge in [-0.1, -0.05) is 35.2 Å². The predicted octanol–water partition coefficient (Wildman–Crippen LogP) is 3.88. The van der Waals surface area contributed by atoms with E-state index in [1.807, 2.05) is 30.0 Å². The molecule has 1 aliphatic carbocycles. The lowest BCUT2D eigenvalue weighted by Crippen LogP contribution is -2.38. The molecule has 5 heteroatoms. The van der Waals surface area contributed by atoms with Crippen molar-refractivity contribution in [3.05, 3.63) is 28.2 Å². The highest BCUT2D eigenvalue weighted by Gasteiger charge is 2.38. The highest BCUT2D eigenvalue weighted by molar-refractivity contribution is 9.10. The number of carbonyl (C=O) groups is 2. The summed E-state index contributed by atoms with van der Waals surface area (Å²) in [5.74, 6) is -0.126. The molecular weight excluding hydrogens is 356 g/mol. The number of anilines is 1. The molecule has 1 aromatic carbocycles. The zero-order valence-corrected chi connectivity index (χ0v) is 15.1. The van der Waals surface area contributed by atoms with Crippen LogP contribution in [0.5, 0.6) is 0 Å². The molecule has 1 atom stereocenters. The molecule has 3 rings (SSSR count). The highest BCUT2D eigenvalue weighted by Crippen LogP contribution is 2.29. The maximum absolute atomic E-state index is 12.5. The molecule has 1 saturated heterocycles. The Morgan fingerprint density at radius 2 is 2.00 bits per heavy atom. The van der Waals surface area contributed by atoms with E-state index in [1.165, 1.54) is 19.3 Å². The van der Waals surface area contributed by atoms with Crippen LogP contribution in [0.3, 0.4) is 0 Å². The van der Waals surface area contributed by atoms with Crippen LogP contribution < -0.4 is 5.32 Å². The van der Waals surface area contributed by atoms with Gasteiger partial charge in [0.25, 0.3) is 0 Å². The van der Waals surface area contributed by atoms with E-state index in [-0.39, 0.29) is 17.7 Å². The van der Waals surface area contributed by atoms with Gasteiger partial charge in [-0.3, -0.25) is 9.59 Å². The summed E-state index contributed by atoms with van der Waals surface area (Å²) in [4.78, 5) is 26.8. The molecule has 1 N–H and O–H groups in total. The lowest BCUT2D eigenvalue weighted by molar-refractivity contribution is -0.130. The van der Waals surface area contributed by atoms with E-state index in [9.17, 15) is 9.59 Å². The summed E-state index contributed by atoms with van der Waals surface area (Å²) in [5.41, 5.74) is 1.84. The Labute approximate surface area is 145 Å². The topological polar surface area (TPSA) is 49.4 Å². The second-order valence-corrected chi connectivity index (χ2v) is 7.60. The van der Waals surface area contributed by atoms with Gasteiger partial charge in [0.1, 0.15) is 0 Å². The second-order valence-electron chi connectivity index (χ2n) is 6.69. The normalized spacial score (nSPS) is 22.4. The number of rotatable bonds is 3. The van der Waals surface area contributed by atoms with E-state index in [2.05, 4.69) is 21.2 Å². The molecule has 2 fully saturated rings. The van der Waals surface area contributed by atoms with Crippen molar-refractivity contribution >= 4 is 33.4 Å². The largest absolute Gasteiger partial charge is 0.339 e. The van der Waals surface area contributed by atoms with Crippen molar-refractivity contribution in [2.24, 2.45) is 5.92 Å². The lowest BCUT2D eigenvalue weighted by Gasteiger charge is -2.31. The maximum atomic E-state index is 12.5. The van der Waals surface area contributed by atoms with E-state index in [4.69, 9.17) is 0 Å². The van der Waals surface area contributed by atoms with Gasteiger partial charge in [0, 0.05) is 29.2 Å². The first-order chi connectivity index (χ1) is 11.0. The van der Waals surface area contributed by atoms with Crippen LogP contribution in [-0.4, -0.2) is 29.3 Å². The summed E-state index contributed by atoms with van der Waals surface area (Å²) in [6, 6.07) is 6.14. The van der Waals surface area contributed by atoms with Crippen molar-refractivity contribution in [1.82, 2.24) is 4.90 Å². The molecule has 1 aliphatic heterocycles. The summed E-state index contributed by atoms with van der Waals surface area (Å²) in [5, 5.41) is 2.98. The van der Waals surface area contributed by atoms with Gasteiger partial charge in [-0.05, 0) is 43.5 Å². The Bertz CT molecular complexity index is 611. The van der Waals surface area contributed by atoms with Crippen molar-refractivity contribution < 1.29 is 9.59 Å². The number of benzene rings is 1. The fourth-order valence-electron chi connectivity index (χ4n) is 3.65. The minimum Gasteiger partial charge on any atom is -0.339 e. The van der Waals surface area contributed by atoms with Crippen LogP contribution in [0, 0.1) is 12.8 Å². The van der Waals surface area contributed by atoms with Crippen molar-refractivity contribution in [2.45, 2.75) is 51.5 Å². The number of aryl methyl sites for hydroxylation is 1. The fourth-order valence-corrected chi connectivity index (χ4v) is 4.13. The number of nitrogens with one attached hydrogen (secondary N) is 1. The molecule has 1 aromatic rings. The van der Waals surface area contributed by atoms with E-state index in [0.717, 1.165) is 28.6 Å². The molecule has 0 aromatic heterocycles. The maximum Gasteiger partial charge on any atom is 0.229 e. The van der Waals surface area contributed by atoms with Gasteiger partial charge >= 0.3 is 0 Å². The molecule has 0 bridgehead atoms. The number of likely N-dealkylation sites (tertiary alicyclic amines) is 1. The SMILES string of the molecule is Cc1cc(Br)ccc1NC(=O)C1CC(=O)N(C2CCCCC2)C1. The third-order valence-corrected chi connectivity index (χ3v) is 5.48. The lowest BCUT2D eigenvalue weighted by atomic mass is 9.94. The Kier molecular flexibility index (Phi) is 5.05. The monoisotopic (exact) mass is 378 g/mol. The van der Waals surface area contributed by atoms with Gasteiger partial charge in [-0.25, -0.2) is 0 Å². The zero-order chi connectivity index (χ0) is 16.4. The Balaban J connectivity index is 1.63. The van der Waals surface area contributed by atoms with Crippen molar-refractivity contribution in [1.29, 1.82) is 0 Å². The molecule has 2 amide bonds. The standard InChI is InChI=1S/C18H23BrN2O2/c1-12-9-14(19)7-8-16(12)20-18(23)13-10-17(22)21(11-13)15-5-3-2-4-6-15/h7-9,13,15H,2-6,10-11H2,1H3,(H,20,23). The fraction of sp³-hybridized carbons (Fsp3) is 0.556. The van der Waals surface area contributed by atoms with Crippen LogP contribution in [0.1, 0.15) is 44.1 Å². The number of carbonyl (C=O) groups excluding carboxylic acids is 2. The molecule has 4 nitrogen and oxygen atoms in total. The number of amides is 2. The Morgan fingerprint density at radius 3 is 2.70 bits per heavy atom. The van der Waals surface area contributed by atoms with Crippen molar-refractivity contribution in [2.75, 3.05) is 11.9 Å². The van der Waals surface area contributed by atoms with Gasteiger partial charge in [0.2, 0.25) is 11.8 Å². The molecule has 1 unspecified atom stereocenters. The van der Waals surface area contributed by atoms with Gasteiger partial charge in [-0.15, -0.1) is 0 Å². The molecule has 0 radical (unpaired) electrons. The molecule has 23 heavy (non-hydrogen) atoms. The second kappa shape index (κ2) is 7.04. The van der Waals surface area contributed by atoms with Crippen molar-refractivity contribution in [3.8, 4) is 0 Å². The average Bonchev–Trinajstić information content (AvgIpc) is 2.93. The van der Waals surface area contributed by atoms with E-state index in [1.54, 1.807) is 0 Å². The number of hydrogen-bond donors (Lipinski definition) is 1. The molecule has 1 saturated carbocycles. The van der Waals surface area contributed by atoms with Crippen LogP contribution in [0.2, 0.25) is 0 Å². The minimum atomic E-state index is -0.229. The first kappa shape index (κ1) is 16.5. The molecule has 2 aliphatic rings. The summed E-state index contributed by atoms with van der Waals surface area (Å²) in [6.07, 6.45) is 6.19. The first-order valence-electron chi connectivity index (χ1n) is 8.41. The quantitative estimate of drug-likeness (QED) is 0.867. The van der Waals surface area contributed by atoms with E-state index < -0.39 is 0 Å². The van der Waals surface area contributed by atoms with Gasteiger partial charge < -0.3 is 10.2 Å². The third-order valence-electron chi connectivity index (χ3n) is 4.99. The van der Waals surface area contributed by atoms with Crippen LogP contribution in [-0.2, 0) is 9.59 Å². The van der Waals surface area contributed by atoms with Gasteiger partial charge in [-0.2, -0.15) is 0 Å². The minimum absolute atomic E-state index is 0.0397. The Hall–Kier alpha value is -1.36. The molecule has 0 spiro atoms. The van der Waals surface area contributed by atoms with Crippen molar-refractivity contribution in [3.63, 3.8) is 0 Å². The average molecular weight is 379 g/mol. The van der Waals surface area contributed by atoms with Crippen LogP contribution in [0.4, 0.5) is 5.69 Å². The zero-order valence-electron chi connectivity index (χ0n) is 13.5. The smallest absolute Gasteiger partial charge is 0.229 e. The van der Waals surface area contributed by atoms with Gasteiger partial charge in [0.05, 0.1) is 5.92 Å². The first-order valence-corrected chi connectivity index (χ1v) is 9.20.